The number of rotatable bonds is 10. The van der Waals surface area contributed by atoms with E-state index in [9.17, 15) is 18.0 Å². The average molecular weight is 564 g/mol. The van der Waals surface area contributed by atoms with Crippen LogP contribution in [0.2, 0.25) is 0 Å². The molecule has 0 spiro atoms. The van der Waals surface area contributed by atoms with E-state index in [2.05, 4.69) is 5.32 Å². The van der Waals surface area contributed by atoms with Crippen molar-refractivity contribution in [1.29, 1.82) is 0 Å². The molecule has 0 bridgehead atoms. The Morgan fingerprint density at radius 1 is 0.875 bits per heavy atom. The summed E-state index contributed by atoms with van der Waals surface area (Å²) >= 11 is 0. The summed E-state index contributed by atoms with van der Waals surface area (Å²) in [5.74, 6) is -0.757. The molecule has 0 unspecified atom stereocenters. The molecule has 0 aliphatic heterocycles. The molecular formula is C32H41N3O4S. The lowest BCUT2D eigenvalue weighted by Crippen LogP contribution is -2.56. The Bertz CT molecular complexity index is 1450. The number of nitrogens with zero attached hydrogens (tertiary/aromatic N) is 2. The van der Waals surface area contributed by atoms with Gasteiger partial charge in [0.2, 0.25) is 21.8 Å². The van der Waals surface area contributed by atoms with Gasteiger partial charge in [-0.05, 0) is 69.9 Å². The number of amides is 2. The minimum Gasteiger partial charge on any atom is -0.350 e. The minimum absolute atomic E-state index is 0.153. The summed E-state index contributed by atoms with van der Waals surface area (Å²) < 4.78 is 27.2. The van der Waals surface area contributed by atoms with E-state index in [0.717, 1.165) is 38.4 Å². The second-order valence-electron chi connectivity index (χ2n) is 11.4. The maximum absolute atomic E-state index is 14.2. The first kappa shape index (κ1) is 30.9. The van der Waals surface area contributed by atoms with Crippen LogP contribution in [0.25, 0.3) is 0 Å². The van der Waals surface area contributed by atoms with Gasteiger partial charge in [0.25, 0.3) is 0 Å². The van der Waals surface area contributed by atoms with Crippen LogP contribution >= 0.6 is 0 Å². The molecule has 3 aromatic carbocycles. The van der Waals surface area contributed by atoms with Crippen molar-refractivity contribution >= 4 is 27.5 Å². The van der Waals surface area contributed by atoms with Crippen LogP contribution < -0.4 is 9.62 Å². The van der Waals surface area contributed by atoms with E-state index in [0.29, 0.717) is 5.69 Å². The molecule has 0 aliphatic rings. The van der Waals surface area contributed by atoms with Crippen molar-refractivity contribution in [2.45, 2.75) is 66.1 Å². The number of aryl methyl sites for hydroxylation is 2. The molecule has 8 heteroatoms. The Balaban J connectivity index is 2.10. The Kier molecular flexibility index (Phi) is 9.79. The minimum atomic E-state index is -3.81. The van der Waals surface area contributed by atoms with Gasteiger partial charge < -0.3 is 10.2 Å². The number of carbonyl (C=O) groups is 2. The predicted octanol–water partition coefficient (Wildman–Crippen LogP) is 4.93. The number of benzene rings is 3. The first-order chi connectivity index (χ1) is 18.7. The van der Waals surface area contributed by atoms with Crippen LogP contribution in [0.3, 0.4) is 0 Å². The smallest absolute Gasteiger partial charge is 0.244 e. The largest absolute Gasteiger partial charge is 0.350 e. The number of anilines is 1. The molecule has 7 nitrogen and oxygen atoms in total. The van der Waals surface area contributed by atoms with E-state index < -0.39 is 34.1 Å². The van der Waals surface area contributed by atoms with Crippen molar-refractivity contribution in [3.63, 3.8) is 0 Å². The van der Waals surface area contributed by atoms with Crippen LogP contribution in [0.15, 0.2) is 72.8 Å². The Morgan fingerprint density at radius 3 is 2.10 bits per heavy atom. The number of hydrogen-bond donors (Lipinski definition) is 1. The molecule has 0 saturated carbocycles. The third-order valence-electron chi connectivity index (χ3n) is 6.73. The lowest BCUT2D eigenvalue weighted by Gasteiger charge is -2.35. The highest BCUT2D eigenvalue weighted by atomic mass is 32.2. The summed E-state index contributed by atoms with van der Waals surface area (Å²) in [6.45, 7) is 11.1. The van der Waals surface area contributed by atoms with Crippen LogP contribution in [0, 0.1) is 20.8 Å². The second-order valence-corrected chi connectivity index (χ2v) is 13.4. The lowest BCUT2D eigenvalue weighted by atomic mass is 10.0. The highest BCUT2D eigenvalue weighted by Gasteiger charge is 2.34. The van der Waals surface area contributed by atoms with Gasteiger partial charge in [-0.2, -0.15) is 0 Å². The SMILES string of the molecule is Cc1cccc(CN(C(=O)CN(c2cccc(C)c2C)S(C)(=O)=O)[C@H](Cc2ccccc2)C(=O)NC(C)(C)C)c1. The van der Waals surface area contributed by atoms with E-state index >= 15 is 0 Å². The zero-order valence-electron chi connectivity index (χ0n) is 24.6. The second kappa shape index (κ2) is 12.7. The summed E-state index contributed by atoms with van der Waals surface area (Å²) in [5.41, 5.74) is 4.39. The van der Waals surface area contributed by atoms with Gasteiger partial charge in [0.15, 0.2) is 0 Å². The molecule has 0 fully saturated rings. The average Bonchev–Trinajstić information content (AvgIpc) is 2.85. The standard InChI is InChI=1S/C32H41N3O4S/c1-23-13-11-17-27(19-23)21-34(29(31(37)33-32(4,5)6)20-26-15-9-8-10-16-26)30(36)22-35(40(7,38)39)28-18-12-14-24(2)25(28)3/h8-19,29H,20-22H2,1-7H3,(H,33,37)/t29-/m1/s1. The van der Waals surface area contributed by atoms with E-state index in [1.807, 2.05) is 102 Å². The molecule has 3 aromatic rings. The molecule has 40 heavy (non-hydrogen) atoms. The molecule has 0 saturated heterocycles. The van der Waals surface area contributed by atoms with Crippen molar-refractivity contribution < 1.29 is 18.0 Å². The molecule has 0 heterocycles. The Hall–Kier alpha value is -3.65. The van der Waals surface area contributed by atoms with E-state index in [-0.39, 0.29) is 18.9 Å². The van der Waals surface area contributed by atoms with E-state index in [4.69, 9.17) is 0 Å². The van der Waals surface area contributed by atoms with Crippen molar-refractivity contribution in [2.24, 2.45) is 0 Å². The van der Waals surface area contributed by atoms with Crippen LogP contribution in [0.5, 0.6) is 0 Å². The van der Waals surface area contributed by atoms with Gasteiger partial charge in [-0.1, -0.05) is 72.3 Å². The molecule has 3 rings (SSSR count). The van der Waals surface area contributed by atoms with Gasteiger partial charge in [0, 0.05) is 18.5 Å². The predicted molar refractivity (Wildman–Crippen MR) is 162 cm³/mol. The normalized spacial score (nSPS) is 12.5. The summed E-state index contributed by atoms with van der Waals surface area (Å²) in [4.78, 5) is 29.5. The molecule has 2 amide bonds. The lowest BCUT2D eigenvalue weighted by molar-refractivity contribution is -0.140. The molecule has 0 aliphatic carbocycles. The maximum atomic E-state index is 14.2. The zero-order chi connectivity index (χ0) is 29.7. The monoisotopic (exact) mass is 563 g/mol. The maximum Gasteiger partial charge on any atom is 0.244 e. The summed E-state index contributed by atoms with van der Waals surface area (Å²) in [6, 6.07) is 21.8. The third kappa shape index (κ3) is 8.42. The van der Waals surface area contributed by atoms with Gasteiger partial charge >= 0.3 is 0 Å². The van der Waals surface area contributed by atoms with Gasteiger partial charge in [-0.3, -0.25) is 13.9 Å². The molecular weight excluding hydrogens is 522 g/mol. The summed E-state index contributed by atoms with van der Waals surface area (Å²) in [6.07, 6.45) is 1.38. The fraction of sp³-hybridized carbons (Fsp3) is 0.375. The number of hydrogen-bond acceptors (Lipinski definition) is 4. The topological polar surface area (TPSA) is 86.8 Å². The Morgan fingerprint density at radius 2 is 1.50 bits per heavy atom. The number of nitrogens with one attached hydrogen (secondary N) is 1. The number of sulfonamides is 1. The molecule has 214 valence electrons. The van der Waals surface area contributed by atoms with E-state index in [1.165, 1.54) is 4.90 Å². The first-order valence-electron chi connectivity index (χ1n) is 13.4. The highest BCUT2D eigenvalue weighted by Crippen LogP contribution is 2.26. The fourth-order valence-electron chi connectivity index (χ4n) is 4.61. The van der Waals surface area contributed by atoms with Gasteiger partial charge in [0.1, 0.15) is 12.6 Å². The number of carbonyl (C=O) groups excluding carboxylic acids is 2. The van der Waals surface area contributed by atoms with Gasteiger partial charge in [-0.15, -0.1) is 0 Å². The van der Waals surface area contributed by atoms with Crippen molar-refractivity contribution in [1.82, 2.24) is 10.2 Å². The van der Waals surface area contributed by atoms with Crippen molar-refractivity contribution in [2.75, 3.05) is 17.1 Å². The molecule has 0 aromatic heterocycles. The first-order valence-corrected chi connectivity index (χ1v) is 15.3. The summed E-state index contributed by atoms with van der Waals surface area (Å²) in [7, 11) is -3.81. The fourth-order valence-corrected chi connectivity index (χ4v) is 5.51. The molecule has 1 N–H and O–H groups in total. The quantitative estimate of drug-likeness (QED) is 0.379. The molecule has 1 atom stereocenters. The van der Waals surface area contributed by atoms with Gasteiger partial charge in [-0.25, -0.2) is 8.42 Å². The van der Waals surface area contributed by atoms with Gasteiger partial charge in [0.05, 0.1) is 11.9 Å². The zero-order valence-corrected chi connectivity index (χ0v) is 25.4. The van der Waals surface area contributed by atoms with Crippen LogP contribution in [-0.4, -0.2) is 49.5 Å². The van der Waals surface area contributed by atoms with E-state index in [1.54, 1.807) is 12.1 Å². The van der Waals surface area contributed by atoms with Crippen LogP contribution in [-0.2, 0) is 32.6 Å². The third-order valence-corrected chi connectivity index (χ3v) is 7.86. The van der Waals surface area contributed by atoms with Crippen molar-refractivity contribution in [3.05, 3.63) is 101 Å². The highest BCUT2D eigenvalue weighted by molar-refractivity contribution is 7.92. The van der Waals surface area contributed by atoms with Crippen LogP contribution in [0.1, 0.15) is 48.6 Å². The van der Waals surface area contributed by atoms with Crippen molar-refractivity contribution in [3.8, 4) is 0 Å². The summed E-state index contributed by atoms with van der Waals surface area (Å²) in [5, 5.41) is 3.04. The van der Waals surface area contributed by atoms with Crippen LogP contribution in [0.4, 0.5) is 5.69 Å². The molecule has 0 radical (unpaired) electrons. The Labute approximate surface area is 239 Å².